The fourth-order valence-corrected chi connectivity index (χ4v) is 3.24. The van der Waals surface area contributed by atoms with Crippen LogP contribution in [0, 0.1) is 0 Å². The van der Waals surface area contributed by atoms with Gasteiger partial charge >= 0.3 is 0 Å². The monoisotopic (exact) mass is 305 g/mol. The van der Waals surface area contributed by atoms with Crippen LogP contribution >= 0.6 is 0 Å². The molecule has 1 aliphatic heterocycles. The molecule has 23 heavy (non-hydrogen) atoms. The van der Waals surface area contributed by atoms with Crippen molar-refractivity contribution in [3.63, 3.8) is 0 Å². The van der Waals surface area contributed by atoms with Gasteiger partial charge in [0.25, 0.3) is 0 Å². The van der Waals surface area contributed by atoms with E-state index < -0.39 is 0 Å². The van der Waals surface area contributed by atoms with E-state index in [0.29, 0.717) is 0 Å². The Balaban J connectivity index is 1.94. The van der Waals surface area contributed by atoms with Crippen molar-refractivity contribution in [1.29, 1.82) is 0 Å². The van der Waals surface area contributed by atoms with Crippen molar-refractivity contribution >= 4 is 11.5 Å². The molecule has 0 radical (unpaired) electrons. The number of fused-ring (bicyclic) bond motifs is 1. The Kier molecular flexibility index (Phi) is 3.37. The van der Waals surface area contributed by atoms with Gasteiger partial charge in [0.15, 0.2) is 5.82 Å². The van der Waals surface area contributed by atoms with Crippen LogP contribution in [0.25, 0.3) is 11.1 Å². The van der Waals surface area contributed by atoms with Crippen LogP contribution in [0.4, 0.5) is 5.82 Å². The van der Waals surface area contributed by atoms with Crippen LogP contribution in [0.2, 0.25) is 0 Å². The van der Waals surface area contributed by atoms with Gasteiger partial charge in [-0.25, -0.2) is 9.67 Å². The number of aromatic nitrogens is 2. The third kappa shape index (κ3) is 2.31. The topological polar surface area (TPSA) is 43.3 Å². The summed E-state index contributed by atoms with van der Waals surface area (Å²) in [6.07, 6.45) is 3.43. The molecule has 2 aromatic heterocycles. The predicted molar refractivity (Wildman–Crippen MR) is 91.3 cm³/mol. The molecule has 4 rings (SSSR count). The molecule has 3 aromatic rings. The molecule has 0 fully saturated rings. The SMILES string of the molecule is CCc1nn2c(c1-c1ccccc1)N=C(C)C[C@H]2c1ccco1. The minimum atomic E-state index is 0.0836. The van der Waals surface area contributed by atoms with Crippen LogP contribution in [-0.4, -0.2) is 15.5 Å². The number of hydrogen-bond acceptors (Lipinski definition) is 3. The molecule has 0 saturated carbocycles. The van der Waals surface area contributed by atoms with Gasteiger partial charge in [0.2, 0.25) is 0 Å². The highest BCUT2D eigenvalue weighted by Crippen LogP contribution is 2.41. The lowest BCUT2D eigenvalue weighted by Gasteiger charge is -2.21. The molecule has 1 aromatic carbocycles. The second-order valence-corrected chi connectivity index (χ2v) is 5.89. The molecule has 0 bridgehead atoms. The van der Waals surface area contributed by atoms with E-state index in [0.717, 1.165) is 41.4 Å². The molecule has 4 nitrogen and oxygen atoms in total. The first kappa shape index (κ1) is 14.0. The van der Waals surface area contributed by atoms with E-state index in [1.807, 2.05) is 22.9 Å². The third-order valence-electron chi connectivity index (χ3n) is 4.31. The first-order chi connectivity index (χ1) is 11.3. The van der Waals surface area contributed by atoms with Crippen LogP contribution in [0.1, 0.15) is 37.8 Å². The van der Waals surface area contributed by atoms with E-state index >= 15 is 0 Å². The Labute approximate surface area is 135 Å². The van der Waals surface area contributed by atoms with Crippen molar-refractivity contribution in [3.8, 4) is 11.1 Å². The van der Waals surface area contributed by atoms with E-state index in [2.05, 4.69) is 38.1 Å². The van der Waals surface area contributed by atoms with E-state index in [1.54, 1.807) is 6.26 Å². The molecule has 4 heteroatoms. The van der Waals surface area contributed by atoms with Gasteiger partial charge < -0.3 is 4.42 Å². The molecule has 116 valence electrons. The van der Waals surface area contributed by atoms with Crippen molar-refractivity contribution in [2.45, 2.75) is 32.7 Å². The molecule has 0 unspecified atom stereocenters. The zero-order valence-corrected chi connectivity index (χ0v) is 13.4. The molecule has 1 aliphatic rings. The highest BCUT2D eigenvalue weighted by atomic mass is 16.3. The zero-order valence-electron chi connectivity index (χ0n) is 13.4. The summed E-state index contributed by atoms with van der Waals surface area (Å²) in [5.41, 5.74) is 4.51. The minimum Gasteiger partial charge on any atom is -0.467 e. The molecule has 3 heterocycles. The van der Waals surface area contributed by atoms with Crippen molar-refractivity contribution in [1.82, 2.24) is 9.78 Å². The quantitative estimate of drug-likeness (QED) is 0.698. The number of aliphatic imine (C=N–C) groups is 1. The molecule has 0 amide bonds. The van der Waals surface area contributed by atoms with Crippen LogP contribution in [0.15, 0.2) is 58.1 Å². The second-order valence-electron chi connectivity index (χ2n) is 5.89. The number of aryl methyl sites for hydroxylation is 1. The average molecular weight is 305 g/mol. The highest BCUT2D eigenvalue weighted by Gasteiger charge is 2.29. The van der Waals surface area contributed by atoms with Crippen molar-refractivity contribution in [2.75, 3.05) is 0 Å². The first-order valence-corrected chi connectivity index (χ1v) is 8.02. The summed E-state index contributed by atoms with van der Waals surface area (Å²) in [7, 11) is 0. The van der Waals surface area contributed by atoms with Gasteiger partial charge in [-0.3, -0.25) is 0 Å². The maximum atomic E-state index is 5.65. The van der Waals surface area contributed by atoms with Crippen LogP contribution in [0.5, 0.6) is 0 Å². The maximum Gasteiger partial charge on any atom is 0.159 e. The fraction of sp³-hybridized carbons (Fsp3) is 0.263. The standard InChI is InChI=1S/C19H19N3O/c1-3-15-18(14-8-5-4-6-9-14)19-20-13(2)12-16(22(19)21-15)17-10-7-11-23-17/h4-11,16H,3,12H2,1-2H3/t16-/m0/s1. The molecule has 0 aliphatic carbocycles. The third-order valence-corrected chi connectivity index (χ3v) is 4.31. The van der Waals surface area contributed by atoms with Gasteiger partial charge in [-0.15, -0.1) is 0 Å². The zero-order chi connectivity index (χ0) is 15.8. The number of nitrogens with zero attached hydrogens (tertiary/aromatic N) is 3. The summed E-state index contributed by atoms with van der Waals surface area (Å²) >= 11 is 0. The van der Waals surface area contributed by atoms with Gasteiger partial charge in [-0.1, -0.05) is 37.3 Å². The number of rotatable bonds is 3. The van der Waals surface area contributed by atoms with Crippen molar-refractivity contribution in [3.05, 3.63) is 60.2 Å². The van der Waals surface area contributed by atoms with Crippen molar-refractivity contribution < 1.29 is 4.42 Å². The van der Waals surface area contributed by atoms with E-state index in [-0.39, 0.29) is 6.04 Å². The Bertz CT molecular complexity index is 844. The van der Waals surface area contributed by atoms with Gasteiger partial charge in [-0.2, -0.15) is 5.10 Å². The van der Waals surface area contributed by atoms with Crippen LogP contribution < -0.4 is 0 Å². The lowest BCUT2D eigenvalue weighted by atomic mass is 10.0. The first-order valence-electron chi connectivity index (χ1n) is 8.02. The fourth-order valence-electron chi connectivity index (χ4n) is 3.24. The predicted octanol–water partition coefficient (Wildman–Crippen LogP) is 4.79. The minimum absolute atomic E-state index is 0.0836. The van der Waals surface area contributed by atoms with Gasteiger partial charge in [0.1, 0.15) is 11.8 Å². The summed E-state index contributed by atoms with van der Waals surface area (Å²) < 4.78 is 7.69. The normalized spacial score (nSPS) is 17.0. The molecular formula is C19H19N3O. The van der Waals surface area contributed by atoms with E-state index in [1.165, 1.54) is 5.56 Å². The van der Waals surface area contributed by atoms with Crippen molar-refractivity contribution in [2.24, 2.45) is 4.99 Å². The molecule has 0 N–H and O–H groups in total. The Morgan fingerprint density at radius 2 is 2.00 bits per heavy atom. The Morgan fingerprint density at radius 1 is 1.17 bits per heavy atom. The maximum absolute atomic E-state index is 5.65. The lowest BCUT2D eigenvalue weighted by molar-refractivity contribution is 0.408. The van der Waals surface area contributed by atoms with Crippen LogP contribution in [0.3, 0.4) is 0 Å². The summed E-state index contributed by atoms with van der Waals surface area (Å²) in [6, 6.07) is 14.4. The molecular weight excluding hydrogens is 286 g/mol. The number of furan rings is 1. The van der Waals surface area contributed by atoms with E-state index in [9.17, 15) is 0 Å². The van der Waals surface area contributed by atoms with Gasteiger partial charge in [0, 0.05) is 17.7 Å². The molecule has 0 saturated heterocycles. The van der Waals surface area contributed by atoms with E-state index in [4.69, 9.17) is 14.5 Å². The highest BCUT2D eigenvalue weighted by molar-refractivity contribution is 5.89. The smallest absolute Gasteiger partial charge is 0.159 e. The number of benzene rings is 1. The van der Waals surface area contributed by atoms with Gasteiger partial charge in [0.05, 0.1) is 12.0 Å². The lowest BCUT2D eigenvalue weighted by Crippen LogP contribution is -2.18. The second kappa shape index (κ2) is 5.54. The average Bonchev–Trinajstić information content (AvgIpc) is 3.22. The Morgan fingerprint density at radius 3 is 2.70 bits per heavy atom. The largest absolute Gasteiger partial charge is 0.467 e. The molecule has 0 spiro atoms. The summed E-state index contributed by atoms with van der Waals surface area (Å²) in [4.78, 5) is 4.83. The number of hydrogen-bond donors (Lipinski definition) is 0. The Hall–Kier alpha value is -2.62. The summed E-state index contributed by atoms with van der Waals surface area (Å²) in [5, 5.41) is 4.87. The van der Waals surface area contributed by atoms with Gasteiger partial charge in [-0.05, 0) is 31.0 Å². The summed E-state index contributed by atoms with van der Waals surface area (Å²) in [6.45, 7) is 4.21. The van der Waals surface area contributed by atoms with Crippen LogP contribution in [-0.2, 0) is 6.42 Å². The molecule has 1 atom stereocenters. The summed E-state index contributed by atoms with van der Waals surface area (Å²) in [5.74, 6) is 1.88.